The first-order valence-corrected chi connectivity index (χ1v) is 7.53. The Balaban J connectivity index is 1.87. The quantitative estimate of drug-likeness (QED) is 0.592. The fraction of sp³-hybridized carbons (Fsp3) is 0. The lowest BCUT2D eigenvalue weighted by Crippen LogP contribution is -1.80. The number of aromatic nitrogens is 3. The van der Waals surface area contributed by atoms with E-state index >= 15 is 0 Å². The number of thiophene rings is 1. The van der Waals surface area contributed by atoms with E-state index < -0.39 is 0 Å². The predicted octanol–water partition coefficient (Wildman–Crippen LogP) is 4.41. The molecule has 4 aromatic heterocycles. The molecule has 0 unspecified atom stereocenters. The van der Waals surface area contributed by atoms with E-state index in [9.17, 15) is 0 Å². The average Bonchev–Trinajstić information content (AvgIpc) is 3.18. The molecule has 19 heavy (non-hydrogen) atoms. The van der Waals surface area contributed by atoms with E-state index in [0.717, 1.165) is 21.6 Å². The highest BCUT2D eigenvalue weighted by Crippen LogP contribution is 2.36. The van der Waals surface area contributed by atoms with Crippen LogP contribution in [0, 0.1) is 0 Å². The summed E-state index contributed by atoms with van der Waals surface area (Å²) in [6.45, 7) is 0. The van der Waals surface area contributed by atoms with Crippen LogP contribution in [0.2, 0.25) is 0 Å². The summed E-state index contributed by atoms with van der Waals surface area (Å²) in [5.74, 6) is 0. The maximum atomic E-state index is 4.56. The number of fused-ring (bicyclic) bond motifs is 1. The van der Waals surface area contributed by atoms with Crippen LogP contribution in [0.1, 0.15) is 0 Å². The number of rotatable bonds is 2. The second-order valence-electron chi connectivity index (χ2n) is 4.11. The first-order chi connectivity index (χ1) is 9.42. The SMILES string of the molecule is c1csc(-c2cnc(-c3ccnc4[nH]ccc34)s2)c1. The maximum Gasteiger partial charge on any atom is 0.137 e. The molecule has 0 radical (unpaired) electrons. The number of aromatic amines is 1. The Morgan fingerprint density at radius 1 is 1.05 bits per heavy atom. The number of H-pyrrole nitrogens is 1. The minimum absolute atomic E-state index is 0.908. The van der Waals surface area contributed by atoms with Gasteiger partial charge in [-0.1, -0.05) is 6.07 Å². The van der Waals surface area contributed by atoms with Crippen LogP contribution < -0.4 is 0 Å². The first-order valence-electron chi connectivity index (χ1n) is 5.84. The molecule has 4 rings (SSSR count). The van der Waals surface area contributed by atoms with Gasteiger partial charge >= 0.3 is 0 Å². The molecular weight excluding hydrogens is 274 g/mol. The van der Waals surface area contributed by atoms with Crippen LogP contribution >= 0.6 is 22.7 Å². The molecule has 0 amide bonds. The van der Waals surface area contributed by atoms with Gasteiger partial charge in [0.15, 0.2) is 0 Å². The summed E-state index contributed by atoms with van der Waals surface area (Å²) < 4.78 is 0. The zero-order chi connectivity index (χ0) is 12.7. The Morgan fingerprint density at radius 3 is 2.95 bits per heavy atom. The molecule has 0 atom stereocenters. The van der Waals surface area contributed by atoms with E-state index in [0.29, 0.717) is 0 Å². The van der Waals surface area contributed by atoms with E-state index in [1.165, 1.54) is 9.75 Å². The highest BCUT2D eigenvalue weighted by Gasteiger charge is 2.10. The standard InChI is InChI=1S/C14H9N3S2/c1-2-11(18-7-1)12-8-17-14(19-12)10-4-6-16-13-9(10)3-5-15-13/h1-8H,(H,15,16). The van der Waals surface area contributed by atoms with Crippen LogP contribution in [0.25, 0.3) is 31.4 Å². The summed E-state index contributed by atoms with van der Waals surface area (Å²) >= 11 is 3.46. The normalized spacial score (nSPS) is 11.2. The minimum atomic E-state index is 0.908. The van der Waals surface area contributed by atoms with Gasteiger partial charge in [-0.3, -0.25) is 0 Å². The minimum Gasteiger partial charge on any atom is -0.346 e. The molecule has 0 spiro atoms. The third kappa shape index (κ3) is 1.78. The Kier molecular flexibility index (Phi) is 2.46. The van der Waals surface area contributed by atoms with Gasteiger partial charge < -0.3 is 4.98 Å². The summed E-state index contributed by atoms with van der Waals surface area (Å²) in [4.78, 5) is 14.5. The highest BCUT2D eigenvalue weighted by atomic mass is 32.1. The second kappa shape index (κ2) is 4.29. The van der Waals surface area contributed by atoms with Gasteiger partial charge in [-0.25, -0.2) is 9.97 Å². The molecular formula is C14H9N3S2. The monoisotopic (exact) mass is 283 g/mol. The molecule has 0 aliphatic rings. The van der Waals surface area contributed by atoms with Gasteiger partial charge in [0.2, 0.25) is 0 Å². The smallest absolute Gasteiger partial charge is 0.137 e. The van der Waals surface area contributed by atoms with E-state index in [-0.39, 0.29) is 0 Å². The number of nitrogens with zero attached hydrogens (tertiary/aromatic N) is 2. The van der Waals surface area contributed by atoms with Crippen LogP contribution in [0.4, 0.5) is 0 Å². The summed E-state index contributed by atoms with van der Waals surface area (Å²) in [6, 6.07) is 8.26. The fourth-order valence-corrected chi connectivity index (χ4v) is 3.85. The van der Waals surface area contributed by atoms with E-state index in [4.69, 9.17) is 0 Å². The zero-order valence-electron chi connectivity index (χ0n) is 9.83. The fourth-order valence-electron chi connectivity index (χ4n) is 2.08. The molecule has 5 heteroatoms. The maximum absolute atomic E-state index is 4.56. The number of hydrogen-bond donors (Lipinski definition) is 1. The van der Waals surface area contributed by atoms with Crippen LogP contribution in [0.3, 0.4) is 0 Å². The molecule has 0 aliphatic carbocycles. The van der Waals surface area contributed by atoms with Gasteiger partial charge in [0.25, 0.3) is 0 Å². The topological polar surface area (TPSA) is 41.6 Å². The van der Waals surface area contributed by atoms with E-state index in [1.54, 1.807) is 22.7 Å². The van der Waals surface area contributed by atoms with Crippen molar-refractivity contribution in [2.45, 2.75) is 0 Å². The van der Waals surface area contributed by atoms with Crippen molar-refractivity contribution in [3.63, 3.8) is 0 Å². The summed E-state index contributed by atoms with van der Waals surface area (Å²) in [5.41, 5.74) is 2.05. The molecule has 0 aliphatic heterocycles. The van der Waals surface area contributed by atoms with Crippen LogP contribution in [0.15, 0.2) is 48.2 Å². The molecule has 4 aromatic rings. The van der Waals surface area contributed by atoms with Gasteiger partial charge in [0.1, 0.15) is 10.7 Å². The van der Waals surface area contributed by atoms with Gasteiger partial charge in [-0.2, -0.15) is 0 Å². The molecule has 4 heterocycles. The van der Waals surface area contributed by atoms with Crippen LogP contribution in [-0.2, 0) is 0 Å². The predicted molar refractivity (Wildman–Crippen MR) is 80.5 cm³/mol. The van der Waals surface area contributed by atoms with Gasteiger partial charge in [0.05, 0.1) is 4.88 Å². The molecule has 3 nitrogen and oxygen atoms in total. The number of nitrogens with one attached hydrogen (secondary N) is 1. The van der Waals surface area contributed by atoms with Crippen molar-refractivity contribution >= 4 is 33.7 Å². The van der Waals surface area contributed by atoms with E-state index in [2.05, 4.69) is 32.5 Å². The third-order valence-electron chi connectivity index (χ3n) is 2.96. The van der Waals surface area contributed by atoms with Crippen molar-refractivity contribution in [3.8, 4) is 20.3 Å². The van der Waals surface area contributed by atoms with Gasteiger partial charge in [0, 0.05) is 34.4 Å². The second-order valence-corrected chi connectivity index (χ2v) is 6.08. The Hall–Kier alpha value is -1.98. The van der Waals surface area contributed by atoms with Gasteiger partial charge in [-0.05, 0) is 23.6 Å². The van der Waals surface area contributed by atoms with Crippen molar-refractivity contribution < 1.29 is 0 Å². The number of hydrogen-bond acceptors (Lipinski definition) is 4. The molecule has 0 bridgehead atoms. The van der Waals surface area contributed by atoms with Crippen molar-refractivity contribution in [1.82, 2.24) is 15.0 Å². The lowest BCUT2D eigenvalue weighted by atomic mass is 10.2. The third-order valence-corrected chi connectivity index (χ3v) is 5.06. The summed E-state index contributed by atoms with van der Waals surface area (Å²) in [6.07, 6.45) is 5.68. The zero-order valence-corrected chi connectivity index (χ0v) is 11.5. The average molecular weight is 283 g/mol. The molecule has 92 valence electrons. The van der Waals surface area contributed by atoms with Crippen molar-refractivity contribution in [3.05, 3.63) is 48.2 Å². The summed E-state index contributed by atoms with van der Waals surface area (Å²) in [7, 11) is 0. The number of thiazole rings is 1. The lowest BCUT2D eigenvalue weighted by molar-refractivity contribution is 1.32. The largest absolute Gasteiger partial charge is 0.346 e. The van der Waals surface area contributed by atoms with Gasteiger partial charge in [-0.15, -0.1) is 22.7 Å². The van der Waals surface area contributed by atoms with Crippen LogP contribution in [-0.4, -0.2) is 15.0 Å². The van der Waals surface area contributed by atoms with Crippen molar-refractivity contribution in [1.29, 1.82) is 0 Å². The Bertz CT molecular complexity index is 827. The first kappa shape index (κ1) is 10.9. The lowest BCUT2D eigenvalue weighted by Gasteiger charge is -1.97. The number of pyridine rings is 1. The van der Waals surface area contributed by atoms with Crippen molar-refractivity contribution in [2.24, 2.45) is 0 Å². The Labute approximate surface area is 117 Å². The highest BCUT2D eigenvalue weighted by molar-refractivity contribution is 7.23. The van der Waals surface area contributed by atoms with Crippen LogP contribution in [0.5, 0.6) is 0 Å². The summed E-state index contributed by atoms with van der Waals surface area (Å²) in [5, 5.41) is 4.25. The van der Waals surface area contributed by atoms with Crippen molar-refractivity contribution in [2.75, 3.05) is 0 Å². The molecule has 0 aromatic carbocycles. The van der Waals surface area contributed by atoms with E-state index in [1.807, 2.05) is 30.7 Å². The molecule has 1 N–H and O–H groups in total. The Morgan fingerprint density at radius 2 is 2.05 bits per heavy atom. The molecule has 0 saturated heterocycles. The molecule has 0 fully saturated rings. The molecule has 0 saturated carbocycles.